The van der Waals surface area contributed by atoms with Crippen molar-refractivity contribution in [2.45, 2.75) is 38.6 Å². The van der Waals surface area contributed by atoms with Crippen molar-refractivity contribution in [1.82, 2.24) is 35.3 Å². The van der Waals surface area contributed by atoms with Crippen LogP contribution in [0.4, 0.5) is 4.79 Å². The van der Waals surface area contributed by atoms with E-state index in [1.54, 1.807) is 12.5 Å². The Balaban J connectivity index is 1.37. The average molecular weight is 379 g/mol. The van der Waals surface area contributed by atoms with Gasteiger partial charge in [0.05, 0.1) is 30.3 Å². The number of rotatable bonds is 6. The smallest absolute Gasteiger partial charge is 0.315 e. The monoisotopic (exact) mass is 379 g/mol. The van der Waals surface area contributed by atoms with Crippen LogP contribution in [0.3, 0.4) is 0 Å². The predicted molar refractivity (Wildman–Crippen MR) is 105 cm³/mol. The van der Waals surface area contributed by atoms with Gasteiger partial charge in [-0.3, -0.25) is 4.68 Å². The summed E-state index contributed by atoms with van der Waals surface area (Å²) in [5.74, 6) is 0. The van der Waals surface area contributed by atoms with E-state index in [1.165, 1.54) is 0 Å². The lowest BCUT2D eigenvalue weighted by atomic mass is 10.1. The molecule has 0 fully saturated rings. The van der Waals surface area contributed by atoms with E-state index < -0.39 is 0 Å². The van der Waals surface area contributed by atoms with Crippen LogP contribution < -0.4 is 16.0 Å². The number of imidazole rings is 1. The van der Waals surface area contributed by atoms with Gasteiger partial charge in [0.2, 0.25) is 0 Å². The Morgan fingerprint density at radius 2 is 2.18 bits per heavy atom. The fraction of sp³-hybridized carbons (Fsp3) is 0.350. The zero-order valence-electron chi connectivity index (χ0n) is 15.7. The Morgan fingerprint density at radius 3 is 3.00 bits per heavy atom. The van der Waals surface area contributed by atoms with Crippen LogP contribution in [-0.2, 0) is 26.2 Å². The number of amides is 2. The van der Waals surface area contributed by atoms with Crippen molar-refractivity contribution in [1.29, 1.82) is 0 Å². The Bertz CT molecular complexity index is 865. The third-order valence-electron chi connectivity index (χ3n) is 4.83. The molecule has 0 saturated heterocycles. The van der Waals surface area contributed by atoms with Gasteiger partial charge in [-0.1, -0.05) is 30.3 Å². The number of nitrogens with zero attached hydrogens (tertiary/aromatic N) is 4. The molecule has 8 nitrogen and oxygen atoms in total. The summed E-state index contributed by atoms with van der Waals surface area (Å²) in [5.41, 5.74) is 3.09. The summed E-state index contributed by atoms with van der Waals surface area (Å²) in [6, 6.07) is 11.6. The molecule has 1 atom stereocenters. The summed E-state index contributed by atoms with van der Waals surface area (Å²) < 4.78 is 3.98. The average Bonchev–Trinajstić information content (AvgIpc) is 3.32. The van der Waals surface area contributed by atoms with E-state index in [-0.39, 0.29) is 12.1 Å². The topological polar surface area (TPSA) is 88.8 Å². The van der Waals surface area contributed by atoms with Crippen LogP contribution in [0.25, 0.3) is 0 Å². The second kappa shape index (κ2) is 8.71. The number of carbonyl (C=O) groups excluding carboxylic acids is 1. The van der Waals surface area contributed by atoms with Crippen LogP contribution in [0.2, 0.25) is 0 Å². The minimum absolute atomic E-state index is 0.154. The third-order valence-corrected chi connectivity index (χ3v) is 4.83. The molecular weight excluding hydrogens is 354 g/mol. The van der Waals surface area contributed by atoms with E-state index in [2.05, 4.69) is 32.1 Å². The Kier molecular flexibility index (Phi) is 5.67. The van der Waals surface area contributed by atoms with Crippen molar-refractivity contribution in [2.75, 3.05) is 6.54 Å². The molecule has 3 heterocycles. The number of hydrogen-bond acceptors (Lipinski definition) is 4. The van der Waals surface area contributed by atoms with Crippen LogP contribution in [0.1, 0.15) is 29.4 Å². The normalized spacial score (nSPS) is 14.7. The lowest BCUT2D eigenvalue weighted by molar-refractivity contribution is 0.235. The molecule has 8 heteroatoms. The molecule has 1 aromatic carbocycles. The van der Waals surface area contributed by atoms with E-state index in [0.717, 1.165) is 43.0 Å². The van der Waals surface area contributed by atoms with E-state index in [0.29, 0.717) is 13.1 Å². The molecule has 0 bridgehead atoms. The molecule has 3 aromatic rings. The summed E-state index contributed by atoms with van der Waals surface area (Å²) in [4.78, 5) is 16.6. The summed E-state index contributed by atoms with van der Waals surface area (Å²) in [5, 5.41) is 14.0. The number of fused-ring (bicyclic) bond motifs is 1. The number of aryl methyl sites for hydroxylation is 1. The van der Waals surface area contributed by atoms with E-state index >= 15 is 0 Å². The lowest BCUT2D eigenvalue weighted by Gasteiger charge is -2.20. The van der Waals surface area contributed by atoms with Gasteiger partial charge in [0, 0.05) is 32.0 Å². The molecule has 0 radical (unpaired) electrons. The molecule has 0 unspecified atom stereocenters. The first-order valence-corrected chi connectivity index (χ1v) is 9.59. The fourth-order valence-electron chi connectivity index (χ4n) is 3.41. The largest absolute Gasteiger partial charge is 0.335 e. The lowest BCUT2D eigenvalue weighted by Crippen LogP contribution is -2.39. The molecule has 2 amide bonds. The van der Waals surface area contributed by atoms with Crippen LogP contribution >= 0.6 is 0 Å². The fourth-order valence-corrected chi connectivity index (χ4v) is 3.41. The number of aromatic nitrogens is 4. The van der Waals surface area contributed by atoms with Crippen LogP contribution in [0.5, 0.6) is 0 Å². The van der Waals surface area contributed by atoms with Gasteiger partial charge < -0.3 is 20.5 Å². The second-order valence-electron chi connectivity index (χ2n) is 6.93. The standard InChI is InChI=1S/C20H25N7O/c28-20(23-12-17-11-18-13-21-7-4-9-27(18)25-17)24-19(14-26-10-8-22-15-26)16-5-2-1-3-6-16/h1-3,5-6,8,10-11,15,19,21H,4,7,9,12-14H2,(H2,23,24,28)/t19-/m0/s1. The van der Waals surface area contributed by atoms with Gasteiger partial charge in [-0.15, -0.1) is 0 Å². The van der Waals surface area contributed by atoms with Crippen molar-refractivity contribution in [3.63, 3.8) is 0 Å². The van der Waals surface area contributed by atoms with Gasteiger partial charge in [0.1, 0.15) is 0 Å². The van der Waals surface area contributed by atoms with Crippen molar-refractivity contribution in [2.24, 2.45) is 0 Å². The zero-order chi connectivity index (χ0) is 19.2. The van der Waals surface area contributed by atoms with Gasteiger partial charge >= 0.3 is 6.03 Å². The molecule has 146 valence electrons. The van der Waals surface area contributed by atoms with Crippen LogP contribution in [-0.4, -0.2) is 31.9 Å². The van der Waals surface area contributed by atoms with Crippen LogP contribution in [0, 0.1) is 0 Å². The molecule has 0 saturated carbocycles. The highest BCUT2D eigenvalue weighted by atomic mass is 16.2. The van der Waals surface area contributed by atoms with E-state index in [9.17, 15) is 4.79 Å². The second-order valence-corrected chi connectivity index (χ2v) is 6.93. The molecule has 2 aromatic heterocycles. The number of nitrogens with one attached hydrogen (secondary N) is 3. The molecular formula is C20H25N7O. The predicted octanol–water partition coefficient (Wildman–Crippen LogP) is 1.81. The first-order valence-electron chi connectivity index (χ1n) is 9.59. The molecule has 28 heavy (non-hydrogen) atoms. The Labute approximate surface area is 164 Å². The number of carbonyl (C=O) groups is 1. The highest BCUT2D eigenvalue weighted by molar-refractivity contribution is 5.74. The Morgan fingerprint density at radius 1 is 1.29 bits per heavy atom. The van der Waals surface area contributed by atoms with Crippen LogP contribution in [0.15, 0.2) is 55.1 Å². The highest BCUT2D eigenvalue weighted by Crippen LogP contribution is 2.15. The molecule has 1 aliphatic rings. The van der Waals surface area contributed by atoms with E-state index in [1.807, 2.05) is 45.8 Å². The number of urea groups is 1. The number of hydrogen-bond donors (Lipinski definition) is 3. The first kappa shape index (κ1) is 18.2. The van der Waals surface area contributed by atoms with Gasteiger partial charge in [-0.2, -0.15) is 5.10 Å². The summed E-state index contributed by atoms with van der Waals surface area (Å²) in [7, 11) is 0. The molecule has 4 rings (SSSR count). The van der Waals surface area contributed by atoms with Gasteiger partial charge in [0.15, 0.2) is 0 Å². The maximum atomic E-state index is 12.5. The quantitative estimate of drug-likeness (QED) is 0.609. The molecule has 0 spiro atoms. The molecule has 0 aliphatic carbocycles. The van der Waals surface area contributed by atoms with Gasteiger partial charge in [0.25, 0.3) is 0 Å². The van der Waals surface area contributed by atoms with Crippen molar-refractivity contribution >= 4 is 6.03 Å². The summed E-state index contributed by atoms with van der Waals surface area (Å²) >= 11 is 0. The zero-order valence-corrected chi connectivity index (χ0v) is 15.7. The summed E-state index contributed by atoms with van der Waals surface area (Å²) in [6.07, 6.45) is 6.44. The summed E-state index contributed by atoms with van der Waals surface area (Å²) in [6.45, 7) is 3.76. The highest BCUT2D eigenvalue weighted by Gasteiger charge is 2.16. The first-order chi connectivity index (χ1) is 13.8. The van der Waals surface area contributed by atoms with E-state index in [4.69, 9.17) is 0 Å². The van der Waals surface area contributed by atoms with Crippen molar-refractivity contribution in [3.05, 3.63) is 72.1 Å². The third kappa shape index (κ3) is 4.58. The molecule has 3 N–H and O–H groups in total. The maximum absolute atomic E-state index is 12.5. The van der Waals surface area contributed by atoms with Crippen molar-refractivity contribution < 1.29 is 4.79 Å². The Hall–Kier alpha value is -3.13. The van der Waals surface area contributed by atoms with Gasteiger partial charge in [-0.25, -0.2) is 9.78 Å². The number of benzene rings is 1. The minimum Gasteiger partial charge on any atom is -0.335 e. The van der Waals surface area contributed by atoms with Gasteiger partial charge in [-0.05, 0) is 24.6 Å². The maximum Gasteiger partial charge on any atom is 0.315 e. The molecule has 1 aliphatic heterocycles. The minimum atomic E-state index is -0.213. The van der Waals surface area contributed by atoms with Crippen molar-refractivity contribution in [3.8, 4) is 0 Å². The SMILES string of the molecule is O=C(NCc1cc2n(n1)CCCNC2)N[C@@H](Cn1ccnc1)c1ccccc1.